The van der Waals surface area contributed by atoms with Gasteiger partial charge in [0.05, 0.1) is 0 Å². The molecular weight excluding hydrogens is 117 g/mol. The van der Waals surface area contributed by atoms with Crippen LogP contribution in [0.25, 0.3) is 0 Å². The molecule has 0 N–H and O–H groups in total. The second-order valence-electron chi connectivity index (χ2n) is 1.98. The average molecular weight is 128 g/mol. The molecule has 0 atom stereocenters. The van der Waals surface area contributed by atoms with Gasteiger partial charge in [-0.1, -0.05) is 20.8 Å². The van der Waals surface area contributed by atoms with Gasteiger partial charge in [-0.3, -0.25) is 0 Å². The Morgan fingerprint density at radius 1 is 0.875 bits per heavy atom. The van der Waals surface area contributed by atoms with Crippen molar-refractivity contribution in [1.82, 2.24) is 0 Å². The molecule has 0 radical (unpaired) electrons. The van der Waals surface area contributed by atoms with Crippen LogP contribution in [0, 0.1) is 5.92 Å². The van der Waals surface area contributed by atoms with E-state index in [1.54, 1.807) is 0 Å². The average Bonchev–Trinajstić information content (AvgIpc) is 1.25. The normalized spacial score (nSPS) is 9.00. The summed E-state index contributed by atoms with van der Waals surface area (Å²) in [6.45, 7) is 2.83. The number of hydrogen-bond donors (Lipinski definition) is 0. The first-order valence-corrected chi connectivity index (χ1v) is 2.39. The second kappa shape index (κ2) is 6.79. The lowest BCUT2D eigenvalue weighted by molar-refractivity contribution is 0.00819. The van der Waals surface area contributed by atoms with Gasteiger partial charge in [-0.05, 0) is 5.92 Å². The third kappa shape index (κ3) is 3010. The van der Waals surface area contributed by atoms with Crippen molar-refractivity contribution in [2.45, 2.75) is 27.5 Å². The Balaban J connectivity index is 0. The van der Waals surface area contributed by atoms with Crippen molar-refractivity contribution in [3.05, 3.63) is 0 Å². The number of alkyl halides is 3. The van der Waals surface area contributed by atoms with E-state index in [2.05, 4.69) is 20.8 Å². The van der Waals surface area contributed by atoms with Gasteiger partial charge in [0.2, 0.25) is 0 Å². The van der Waals surface area contributed by atoms with E-state index in [4.69, 9.17) is 0 Å². The van der Waals surface area contributed by atoms with E-state index < -0.39 is 6.68 Å². The highest BCUT2D eigenvalue weighted by Gasteiger charge is 1.86. The Hall–Kier alpha value is -0.210. The molecule has 8 heavy (non-hydrogen) atoms. The highest BCUT2D eigenvalue weighted by atomic mass is 19.4. The first kappa shape index (κ1) is 10.7. The van der Waals surface area contributed by atoms with Gasteiger partial charge in [-0.15, -0.1) is 0 Å². The molecule has 0 aromatic rings. The highest BCUT2D eigenvalue weighted by molar-refractivity contribution is 4.20. The summed E-state index contributed by atoms with van der Waals surface area (Å²) >= 11 is 0. The topological polar surface area (TPSA) is 0 Å². The molecule has 0 heterocycles. The molecule has 0 rings (SSSR count). The van der Waals surface area contributed by atoms with Crippen molar-refractivity contribution in [1.29, 1.82) is 0 Å². The fraction of sp³-hybridized carbons (Fsp3) is 1.00. The van der Waals surface area contributed by atoms with Crippen LogP contribution in [0.4, 0.5) is 13.2 Å². The monoisotopic (exact) mass is 128 g/mol. The van der Waals surface area contributed by atoms with E-state index in [0.29, 0.717) is 0 Å². The van der Waals surface area contributed by atoms with E-state index in [0.717, 1.165) is 5.92 Å². The Morgan fingerprint density at radius 3 is 0.875 bits per heavy atom. The quantitative estimate of drug-likeness (QED) is 0.470. The summed E-state index contributed by atoms with van der Waals surface area (Å²) < 4.78 is 29.0. The van der Waals surface area contributed by atoms with Crippen LogP contribution in [0.1, 0.15) is 20.8 Å². The van der Waals surface area contributed by atoms with Crippen molar-refractivity contribution in [2.75, 3.05) is 0 Å². The van der Waals surface area contributed by atoms with Gasteiger partial charge in [0.25, 0.3) is 0 Å². The van der Waals surface area contributed by atoms with Crippen molar-refractivity contribution in [2.24, 2.45) is 5.92 Å². The minimum Gasteiger partial charge on any atom is -0.174 e. The lowest BCUT2D eigenvalue weighted by atomic mass is 10.3. The van der Waals surface area contributed by atoms with Gasteiger partial charge in [0.1, 0.15) is 0 Å². The van der Waals surface area contributed by atoms with Crippen molar-refractivity contribution < 1.29 is 13.2 Å². The van der Waals surface area contributed by atoms with E-state index in [-0.39, 0.29) is 0 Å². The number of rotatable bonds is 0. The van der Waals surface area contributed by atoms with Gasteiger partial charge in [-0.2, -0.15) is 13.2 Å². The molecule has 0 amide bonds. The molecular formula is C5H11F3. The lowest BCUT2D eigenvalue weighted by Crippen LogP contribution is -1.66. The molecule has 0 bridgehead atoms. The third-order valence-electron chi connectivity index (χ3n) is 0. The SMILES string of the molecule is CC(C)C.FC(F)F. The number of halogens is 3. The van der Waals surface area contributed by atoms with Crippen LogP contribution in [0.5, 0.6) is 0 Å². The van der Waals surface area contributed by atoms with E-state index in [1.165, 1.54) is 0 Å². The summed E-state index contributed by atoms with van der Waals surface area (Å²) in [5, 5.41) is 0. The van der Waals surface area contributed by atoms with Crippen molar-refractivity contribution >= 4 is 0 Å². The summed E-state index contributed by atoms with van der Waals surface area (Å²) in [6.07, 6.45) is 0. The summed E-state index contributed by atoms with van der Waals surface area (Å²) in [5.41, 5.74) is 0. The van der Waals surface area contributed by atoms with Gasteiger partial charge < -0.3 is 0 Å². The third-order valence-corrected chi connectivity index (χ3v) is 0. The molecule has 0 unspecified atom stereocenters. The van der Waals surface area contributed by atoms with Gasteiger partial charge in [0.15, 0.2) is 0 Å². The molecule has 0 aromatic carbocycles. The lowest BCUT2D eigenvalue weighted by Gasteiger charge is -1.79. The smallest absolute Gasteiger partial charge is 0.174 e. The minimum absolute atomic E-state index is 0.833. The summed E-state index contributed by atoms with van der Waals surface area (Å²) in [4.78, 5) is 0. The Labute approximate surface area is 47.7 Å². The Bertz CT molecular complexity index is 23.1. The minimum atomic E-state index is -3.67. The molecule has 0 aromatic heterocycles. The van der Waals surface area contributed by atoms with Gasteiger partial charge in [-0.25, -0.2) is 0 Å². The standard InChI is InChI=1S/C4H10.CHF3/c1-4(2)3;2-1(3)4/h4H,1-3H3;1H. The molecule has 0 saturated carbocycles. The zero-order valence-electron chi connectivity index (χ0n) is 5.29. The molecule has 0 saturated heterocycles. The fourth-order valence-corrected chi connectivity index (χ4v) is 0. The van der Waals surface area contributed by atoms with E-state index in [9.17, 15) is 13.2 Å². The van der Waals surface area contributed by atoms with Crippen LogP contribution >= 0.6 is 0 Å². The summed E-state index contributed by atoms with van der Waals surface area (Å²) in [5.74, 6) is 0.833. The Kier molecular flexibility index (Phi) is 9.09. The molecule has 52 valence electrons. The predicted molar refractivity (Wildman–Crippen MR) is 27.6 cm³/mol. The molecule has 0 nitrogen and oxygen atoms in total. The maximum Gasteiger partial charge on any atom is 0.379 e. The predicted octanol–water partition coefficient (Wildman–Crippen LogP) is 2.84. The fourth-order valence-electron chi connectivity index (χ4n) is 0. The molecule has 0 aliphatic carbocycles. The molecule has 0 spiro atoms. The van der Waals surface area contributed by atoms with Gasteiger partial charge in [0, 0.05) is 0 Å². The van der Waals surface area contributed by atoms with Crippen LogP contribution in [0.2, 0.25) is 0 Å². The Morgan fingerprint density at radius 2 is 0.875 bits per heavy atom. The van der Waals surface area contributed by atoms with Gasteiger partial charge >= 0.3 is 6.68 Å². The molecule has 0 aliphatic rings. The maximum absolute atomic E-state index is 9.67. The largest absolute Gasteiger partial charge is 0.379 e. The highest BCUT2D eigenvalue weighted by Crippen LogP contribution is 1.87. The summed E-state index contributed by atoms with van der Waals surface area (Å²) in [6, 6.07) is 0. The molecule has 0 fully saturated rings. The zero-order valence-corrected chi connectivity index (χ0v) is 5.29. The first-order chi connectivity index (χ1) is 3.46. The van der Waals surface area contributed by atoms with Crippen LogP contribution in [-0.2, 0) is 0 Å². The zero-order chi connectivity index (χ0) is 7.15. The van der Waals surface area contributed by atoms with E-state index in [1.807, 2.05) is 0 Å². The summed E-state index contributed by atoms with van der Waals surface area (Å²) in [7, 11) is 0. The molecule has 3 heteroatoms. The van der Waals surface area contributed by atoms with Crippen molar-refractivity contribution in [3.8, 4) is 0 Å². The van der Waals surface area contributed by atoms with Crippen molar-refractivity contribution in [3.63, 3.8) is 0 Å². The first-order valence-electron chi connectivity index (χ1n) is 2.39. The molecule has 0 aliphatic heterocycles. The van der Waals surface area contributed by atoms with Crippen LogP contribution in [0.15, 0.2) is 0 Å². The maximum atomic E-state index is 9.67. The number of hydrogen-bond acceptors (Lipinski definition) is 0. The van der Waals surface area contributed by atoms with Crippen LogP contribution < -0.4 is 0 Å². The van der Waals surface area contributed by atoms with E-state index >= 15 is 0 Å². The van der Waals surface area contributed by atoms with Crippen LogP contribution in [-0.4, -0.2) is 6.68 Å². The second-order valence-corrected chi connectivity index (χ2v) is 1.98. The van der Waals surface area contributed by atoms with Crippen LogP contribution in [0.3, 0.4) is 0 Å².